The van der Waals surface area contributed by atoms with Crippen molar-refractivity contribution in [3.8, 4) is 22.8 Å². The molecule has 0 amide bonds. The number of carbonyl (C=O) groups excluding carboxylic acids is 1. The number of carbonyl (C=O) groups is 1. The lowest BCUT2D eigenvalue weighted by Gasteiger charge is -2.26. The fourth-order valence-electron chi connectivity index (χ4n) is 4.52. The first kappa shape index (κ1) is 27.9. The zero-order chi connectivity index (χ0) is 28.6. The number of thiazole rings is 1. The molecule has 0 bridgehead atoms. The molecular formula is C29H24BrClN2O6S. The second-order valence-corrected chi connectivity index (χ2v) is 11.0. The Balaban J connectivity index is 1.69. The molecule has 1 aliphatic rings. The van der Waals surface area contributed by atoms with Gasteiger partial charge in [0.1, 0.15) is 11.5 Å². The van der Waals surface area contributed by atoms with Crippen LogP contribution in [0, 0.1) is 0 Å². The summed E-state index contributed by atoms with van der Waals surface area (Å²) in [7, 11) is 3.06. The molecule has 5 rings (SSSR count). The average molecular weight is 644 g/mol. The first-order chi connectivity index (χ1) is 19.2. The minimum absolute atomic E-state index is 0.174. The lowest BCUT2D eigenvalue weighted by Crippen LogP contribution is -2.40. The quantitative estimate of drug-likeness (QED) is 0.247. The van der Waals surface area contributed by atoms with E-state index < -0.39 is 12.0 Å². The second-order valence-electron chi connectivity index (χ2n) is 8.74. The van der Waals surface area contributed by atoms with Gasteiger partial charge in [0, 0.05) is 21.1 Å². The van der Waals surface area contributed by atoms with E-state index in [4.69, 9.17) is 30.2 Å². The molecule has 4 aromatic rings. The van der Waals surface area contributed by atoms with Gasteiger partial charge in [-0.25, -0.2) is 9.79 Å². The van der Waals surface area contributed by atoms with Crippen LogP contribution in [0.4, 0.5) is 0 Å². The summed E-state index contributed by atoms with van der Waals surface area (Å²) in [6.07, 6.45) is 1.67. The molecule has 0 unspecified atom stereocenters. The number of esters is 1. The predicted octanol–water partition coefficient (Wildman–Crippen LogP) is 5.49. The Labute approximate surface area is 246 Å². The zero-order valence-corrected chi connectivity index (χ0v) is 25.1. The van der Waals surface area contributed by atoms with E-state index in [1.54, 1.807) is 50.3 Å². The smallest absolute Gasteiger partial charge is 0.338 e. The van der Waals surface area contributed by atoms with E-state index in [0.717, 1.165) is 5.56 Å². The van der Waals surface area contributed by atoms with E-state index in [2.05, 4.69) is 20.9 Å². The highest BCUT2D eigenvalue weighted by Crippen LogP contribution is 2.40. The third-order valence-electron chi connectivity index (χ3n) is 6.32. The van der Waals surface area contributed by atoms with Crippen molar-refractivity contribution in [3.05, 3.63) is 100 Å². The SMILES string of the molecule is CCOC(=O)C1=C(C)N=c2s/c(=C\c3ccc(-c4cccc(Cl)c4)o3)c(=O)n2[C@@H]1c1cc(OC)c(OC)cc1Br. The zero-order valence-electron chi connectivity index (χ0n) is 22.0. The Morgan fingerprint density at radius 3 is 2.62 bits per heavy atom. The summed E-state index contributed by atoms with van der Waals surface area (Å²) < 4.78 is 24.9. The maximum absolute atomic E-state index is 13.9. The number of rotatable bonds is 7. The number of allylic oxidation sites excluding steroid dienone is 1. The molecule has 0 fully saturated rings. The molecular weight excluding hydrogens is 620 g/mol. The van der Waals surface area contributed by atoms with Crippen molar-refractivity contribution in [1.82, 2.24) is 4.57 Å². The highest BCUT2D eigenvalue weighted by molar-refractivity contribution is 9.10. The van der Waals surface area contributed by atoms with Gasteiger partial charge < -0.3 is 18.6 Å². The number of hydrogen-bond acceptors (Lipinski definition) is 8. The Bertz CT molecular complexity index is 1840. The normalized spacial score (nSPS) is 15.1. The molecule has 1 aliphatic heterocycles. The highest BCUT2D eigenvalue weighted by atomic mass is 79.9. The number of nitrogens with zero attached hydrogens (tertiary/aromatic N) is 2. The number of furan rings is 1. The maximum Gasteiger partial charge on any atom is 0.338 e. The van der Waals surface area contributed by atoms with Crippen molar-refractivity contribution in [2.75, 3.05) is 20.8 Å². The topological polar surface area (TPSA) is 92.3 Å². The number of methoxy groups -OCH3 is 2. The van der Waals surface area contributed by atoms with E-state index in [-0.39, 0.29) is 17.7 Å². The number of benzene rings is 2. The molecule has 0 saturated heterocycles. The van der Waals surface area contributed by atoms with Crippen LogP contribution in [0.15, 0.2) is 78.5 Å². The molecule has 40 heavy (non-hydrogen) atoms. The molecule has 0 aliphatic carbocycles. The number of fused-ring (bicyclic) bond motifs is 1. The van der Waals surface area contributed by atoms with E-state index in [9.17, 15) is 9.59 Å². The lowest BCUT2D eigenvalue weighted by atomic mass is 9.95. The number of hydrogen-bond donors (Lipinski definition) is 0. The molecule has 0 radical (unpaired) electrons. The Morgan fingerprint density at radius 2 is 1.93 bits per heavy atom. The second kappa shape index (κ2) is 11.5. The van der Waals surface area contributed by atoms with Crippen molar-refractivity contribution in [2.24, 2.45) is 4.99 Å². The van der Waals surface area contributed by atoms with Crippen molar-refractivity contribution >= 4 is 50.9 Å². The van der Waals surface area contributed by atoms with Crippen LogP contribution in [-0.2, 0) is 9.53 Å². The van der Waals surface area contributed by atoms with Gasteiger partial charge in [-0.15, -0.1) is 0 Å². The fraction of sp³-hybridized carbons (Fsp3) is 0.207. The molecule has 0 spiro atoms. The maximum atomic E-state index is 13.9. The molecule has 8 nitrogen and oxygen atoms in total. The van der Waals surface area contributed by atoms with Crippen LogP contribution >= 0.6 is 38.9 Å². The average Bonchev–Trinajstić information content (AvgIpc) is 3.52. The van der Waals surface area contributed by atoms with Crippen LogP contribution in [0.1, 0.15) is 31.2 Å². The van der Waals surface area contributed by atoms with Crippen LogP contribution < -0.4 is 24.4 Å². The Morgan fingerprint density at radius 1 is 1.18 bits per heavy atom. The third-order valence-corrected chi connectivity index (χ3v) is 8.23. The van der Waals surface area contributed by atoms with Crippen LogP contribution in [0.3, 0.4) is 0 Å². The van der Waals surface area contributed by atoms with E-state index in [1.807, 2.05) is 18.2 Å². The van der Waals surface area contributed by atoms with E-state index in [1.165, 1.54) is 30.1 Å². The van der Waals surface area contributed by atoms with Gasteiger partial charge in [-0.2, -0.15) is 0 Å². The van der Waals surface area contributed by atoms with Crippen molar-refractivity contribution in [2.45, 2.75) is 19.9 Å². The van der Waals surface area contributed by atoms with Gasteiger partial charge in [-0.1, -0.05) is 51.0 Å². The molecule has 1 atom stereocenters. The molecule has 2 aromatic heterocycles. The predicted molar refractivity (Wildman–Crippen MR) is 157 cm³/mol. The van der Waals surface area contributed by atoms with Crippen molar-refractivity contribution < 1.29 is 23.4 Å². The summed E-state index contributed by atoms with van der Waals surface area (Å²) in [5.41, 5.74) is 1.82. The molecule has 11 heteroatoms. The van der Waals surface area contributed by atoms with Gasteiger partial charge in [0.2, 0.25) is 0 Å². The van der Waals surface area contributed by atoms with Crippen LogP contribution in [0.25, 0.3) is 17.4 Å². The van der Waals surface area contributed by atoms with E-state index in [0.29, 0.717) is 53.1 Å². The molecule has 0 N–H and O–H groups in total. The largest absolute Gasteiger partial charge is 0.493 e. The monoisotopic (exact) mass is 642 g/mol. The van der Waals surface area contributed by atoms with Gasteiger partial charge >= 0.3 is 5.97 Å². The molecule has 0 saturated carbocycles. The van der Waals surface area contributed by atoms with Crippen molar-refractivity contribution in [1.29, 1.82) is 0 Å². The summed E-state index contributed by atoms with van der Waals surface area (Å²) in [6.45, 7) is 3.63. The van der Waals surface area contributed by atoms with Crippen LogP contribution in [-0.4, -0.2) is 31.4 Å². The minimum Gasteiger partial charge on any atom is -0.493 e. The Hall–Kier alpha value is -3.60. The summed E-state index contributed by atoms with van der Waals surface area (Å²) in [5.74, 6) is 1.50. The number of aromatic nitrogens is 1. The first-order valence-electron chi connectivity index (χ1n) is 12.2. The van der Waals surface area contributed by atoms with Gasteiger partial charge in [0.15, 0.2) is 16.3 Å². The third kappa shape index (κ3) is 5.14. The summed E-state index contributed by atoms with van der Waals surface area (Å²) in [4.78, 5) is 32.2. The minimum atomic E-state index is -0.828. The summed E-state index contributed by atoms with van der Waals surface area (Å²) >= 11 is 10.9. The first-order valence-corrected chi connectivity index (χ1v) is 14.2. The fourth-order valence-corrected chi connectivity index (χ4v) is 6.28. The standard InChI is InChI=1S/C29H24BrClN2O6S/c1-5-38-28(35)25-15(2)32-29-33(26(25)19-13-22(36-3)23(37-4)14-20(19)30)27(34)24(40-29)12-18-9-10-21(39-18)16-7-6-8-17(31)11-16/h6-14,26H,5H2,1-4H3/b24-12-/t26-/m1/s1. The molecule has 3 heterocycles. The van der Waals surface area contributed by atoms with Crippen LogP contribution in [0.5, 0.6) is 11.5 Å². The van der Waals surface area contributed by atoms with Crippen LogP contribution in [0.2, 0.25) is 5.02 Å². The highest BCUT2D eigenvalue weighted by Gasteiger charge is 2.35. The summed E-state index contributed by atoms with van der Waals surface area (Å²) in [5, 5.41) is 0.595. The van der Waals surface area contributed by atoms with Gasteiger partial charge in [0.05, 0.1) is 42.7 Å². The van der Waals surface area contributed by atoms with Gasteiger partial charge in [-0.05, 0) is 55.8 Å². The molecule has 206 valence electrons. The van der Waals surface area contributed by atoms with Gasteiger partial charge in [-0.3, -0.25) is 9.36 Å². The molecule has 2 aromatic carbocycles. The van der Waals surface area contributed by atoms with E-state index >= 15 is 0 Å². The lowest BCUT2D eigenvalue weighted by molar-refractivity contribution is -0.139. The Kier molecular flexibility index (Phi) is 8.02. The summed E-state index contributed by atoms with van der Waals surface area (Å²) in [6, 6.07) is 13.6. The number of ether oxygens (including phenoxy) is 3. The number of halogens is 2. The van der Waals surface area contributed by atoms with Gasteiger partial charge in [0.25, 0.3) is 5.56 Å². The van der Waals surface area contributed by atoms with Crippen molar-refractivity contribution in [3.63, 3.8) is 0 Å².